The van der Waals surface area contributed by atoms with Crippen molar-refractivity contribution in [3.63, 3.8) is 0 Å². The van der Waals surface area contributed by atoms with Crippen LogP contribution in [0, 0.1) is 5.92 Å². The van der Waals surface area contributed by atoms with Crippen LogP contribution in [-0.2, 0) is 13.5 Å². The molecule has 1 aromatic rings. The molecule has 0 aromatic carbocycles. The largest absolute Gasteiger partial charge is 0.393 e. The van der Waals surface area contributed by atoms with Crippen LogP contribution in [0.1, 0.15) is 38.8 Å². The number of nitrogens with zero attached hydrogens (tertiary/aromatic N) is 2. The van der Waals surface area contributed by atoms with E-state index >= 15 is 0 Å². The summed E-state index contributed by atoms with van der Waals surface area (Å²) >= 11 is 0. The molecule has 1 atom stereocenters. The highest BCUT2D eigenvalue weighted by Crippen LogP contribution is 2.11. The fraction of sp³-hybridized carbons (Fsp3) is 0.750. The number of aromatic nitrogens is 2. The van der Waals surface area contributed by atoms with Crippen LogP contribution < -0.4 is 0 Å². The Morgan fingerprint density at radius 1 is 1.33 bits per heavy atom. The van der Waals surface area contributed by atoms with E-state index in [-0.39, 0.29) is 6.10 Å². The first-order valence-corrected chi connectivity index (χ1v) is 5.74. The van der Waals surface area contributed by atoms with Crippen molar-refractivity contribution in [2.75, 3.05) is 0 Å². The number of hydrogen-bond donors (Lipinski definition) is 1. The molecular formula is C12H22N2O. The van der Waals surface area contributed by atoms with Gasteiger partial charge in [-0.05, 0) is 37.7 Å². The summed E-state index contributed by atoms with van der Waals surface area (Å²) in [5.41, 5.74) is 1.19. The second-order valence-corrected chi connectivity index (χ2v) is 4.61. The van der Waals surface area contributed by atoms with Gasteiger partial charge in [0.1, 0.15) is 0 Å². The molecule has 0 aliphatic heterocycles. The predicted molar refractivity (Wildman–Crippen MR) is 61.6 cm³/mol. The third-order valence-corrected chi connectivity index (χ3v) is 2.73. The minimum absolute atomic E-state index is 0.165. The molecular weight excluding hydrogens is 188 g/mol. The first-order valence-electron chi connectivity index (χ1n) is 5.74. The molecule has 0 radical (unpaired) electrons. The highest BCUT2D eigenvalue weighted by molar-refractivity contribution is 4.99. The molecule has 0 spiro atoms. The lowest BCUT2D eigenvalue weighted by molar-refractivity contribution is 0.146. The molecule has 1 aromatic heterocycles. The van der Waals surface area contributed by atoms with Gasteiger partial charge in [-0.15, -0.1) is 0 Å². The van der Waals surface area contributed by atoms with Gasteiger partial charge in [0.15, 0.2) is 0 Å². The number of aliphatic hydroxyl groups excluding tert-OH is 1. The Morgan fingerprint density at radius 2 is 2.07 bits per heavy atom. The molecule has 0 amide bonds. The quantitative estimate of drug-likeness (QED) is 0.781. The topological polar surface area (TPSA) is 38.1 Å². The van der Waals surface area contributed by atoms with E-state index in [0.29, 0.717) is 5.92 Å². The summed E-state index contributed by atoms with van der Waals surface area (Å²) in [6.45, 7) is 4.38. The van der Waals surface area contributed by atoms with Crippen LogP contribution in [0.4, 0.5) is 0 Å². The summed E-state index contributed by atoms with van der Waals surface area (Å²) in [6, 6.07) is 2.01. The van der Waals surface area contributed by atoms with Crippen molar-refractivity contribution in [3.05, 3.63) is 18.0 Å². The first kappa shape index (κ1) is 12.2. The maximum atomic E-state index is 9.76. The second-order valence-electron chi connectivity index (χ2n) is 4.61. The average Bonchev–Trinajstić information content (AvgIpc) is 2.58. The Balaban J connectivity index is 2.22. The van der Waals surface area contributed by atoms with Crippen molar-refractivity contribution < 1.29 is 5.11 Å². The highest BCUT2D eigenvalue weighted by Gasteiger charge is 2.07. The van der Waals surface area contributed by atoms with E-state index in [1.807, 2.05) is 17.8 Å². The lowest BCUT2D eigenvalue weighted by atomic mass is 10.0. The van der Waals surface area contributed by atoms with Gasteiger partial charge in [0.05, 0.1) is 6.10 Å². The Hall–Kier alpha value is -0.830. The Labute approximate surface area is 92.1 Å². The van der Waals surface area contributed by atoms with Crippen LogP contribution in [0.5, 0.6) is 0 Å². The van der Waals surface area contributed by atoms with E-state index in [1.165, 1.54) is 5.69 Å². The lowest BCUT2D eigenvalue weighted by Gasteiger charge is -2.11. The normalized spacial score (nSPS) is 13.4. The molecule has 0 fully saturated rings. The number of hydrogen-bond acceptors (Lipinski definition) is 2. The molecule has 3 nitrogen and oxygen atoms in total. The molecule has 0 bridgehead atoms. The van der Waals surface area contributed by atoms with Crippen molar-refractivity contribution in [2.45, 2.75) is 45.6 Å². The summed E-state index contributed by atoms with van der Waals surface area (Å²) in [7, 11) is 1.94. The lowest BCUT2D eigenvalue weighted by Crippen LogP contribution is -2.10. The SMILES string of the molecule is CC(C)CCC(O)CCc1ccnn1C. The van der Waals surface area contributed by atoms with E-state index in [2.05, 4.69) is 18.9 Å². The van der Waals surface area contributed by atoms with Crippen molar-refractivity contribution in [3.8, 4) is 0 Å². The molecule has 0 aliphatic rings. The summed E-state index contributed by atoms with van der Waals surface area (Å²) < 4.78 is 1.87. The van der Waals surface area contributed by atoms with Crippen LogP contribution in [-0.4, -0.2) is 21.0 Å². The van der Waals surface area contributed by atoms with Gasteiger partial charge < -0.3 is 5.11 Å². The summed E-state index contributed by atoms with van der Waals surface area (Å²) in [5, 5.41) is 13.9. The highest BCUT2D eigenvalue weighted by atomic mass is 16.3. The molecule has 0 saturated carbocycles. The third kappa shape index (κ3) is 4.47. The van der Waals surface area contributed by atoms with Crippen LogP contribution in [0.25, 0.3) is 0 Å². The summed E-state index contributed by atoms with van der Waals surface area (Å²) in [4.78, 5) is 0. The monoisotopic (exact) mass is 210 g/mol. The van der Waals surface area contributed by atoms with Crippen LogP contribution in [0.15, 0.2) is 12.3 Å². The van der Waals surface area contributed by atoms with Gasteiger partial charge in [-0.25, -0.2) is 0 Å². The second kappa shape index (κ2) is 5.91. The van der Waals surface area contributed by atoms with E-state index in [9.17, 15) is 5.11 Å². The molecule has 0 saturated heterocycles. The standard InChI is InChI=1S/C12H22N2O/c1-10(2)4-6-12(15)7-5-11-8-9-13-14(11)3/h8-10,12,15H,4-7H2,1-3H3. The molecule has 15 heavy (non-hydrogen) atoms. The van der Waals surface area contributed by atoms with E-state index in [0.717, 1.165) is 25.7 Å². The van der Waals surface area contributed by atoms with Crippen LogP contribution in [0.2, 0.25) is 0 Å². The Morgan fingerprint density at radius 3 is 2.60 bits per heavy atom. The van der Waals surface area contributed by atoms with E-state index in [1.54, 1.807) is 6.20 Å². The fourth-order valence-corrected chi connectivity index (χ4v) is 1.63. The van der Waals surface area contributed by atoms with Gasteiger partial charge in [0.25, 0.3) is 0 Å². The molecule has 3 heteroatoms. The zero-order chi connectivity index (χ0) is 11.3. The van der Waals surface area contributed by atoms with Gasteiger partial charge >= 0.3 is 0 Å². The minimum Gasteiger partial charge on any atom is -0.393 e. The van der Waals surface area contributed by atoms with Crippen LogP contribution in [0.3, 0.4) is 0 Å². The maximum absolute atomic E-state index is 9.76. The van der Waals surface area contributed by atoms with Crippen molar-refractivity contribution in [1.29, 1.82) is 0 Å². The Bertz CT molecular complexity index is 281. The van der Waals surface area contributed by atoms with Crippen molar-refractivity contribution in [2.24, 2.45) is 13.0 Å². The zero-order valence-electron chi connectivity index (χ0n) is 9.98. The van der Waals surface area contributed by atoms with Crippen molar-refractivity contribution in [1.82, 2.24) is 9.78 Å². The van der Waals surface area contributed by atoms with Gasteiger partial charge in [-0.1, -0.05) is 13.8 Å². The predicted octanol–water partition coefficient (Wildman–Crippen LogP) is 2.15. The van der Waals surface area contributed by atoms with E-state index in [4.69, 9.17) is 0 Å². The van der Waals surface area contributed by atoms with Gasteiger partial charge in [-0.3, -0.25) is 4.68 Å². The molecule has 1 heterocycles. The van der Waals surface area contributed by atoms with Gasteiger partial charge in [0, 0.05) is 18.9 Å². The molecule has 1 unspecified atom stereocenters. The Kier molecular flexibility index (Phi) is 4.82. The summed E-state index contributed by atoms with van der Waals surface area (Å²) in [5.74, 6) is 0.677. The third-order valence-electron chi connectivity index (χ3n) is 2.73. The fourth-order valence-electron chi connectivity index (χ4n) is 1.63. The first-order chi connectivity index (χ1) is 7.09. The molecule has 1 rings (SSSR count). The average molecular weight is 210 g/mol. The molecule has 86 valence electrons. The number of aliphatic hydroxyl groups is 1. The smallest absolute Gasteiger partial charge is 0.0544 e. The number of aryl methyl sites for hydroxylation is 2. The minimum atomic E-state index is -0.165. The van der Waals surface area contributed by atoms with Gasteiger partial charge in [0.2, 0.25) is 0 Å². The maximum Gasteiger partial charge on any atom is 0.0544 e. The summed E-state index contributed by atoms with van der Waals surface area (Å²) in [6.07, 6.45) is 5.40. The van der Waals surface area contributed by atoms with Gasteiger partial charge in [-0.2, -0.15) is 5.10 Å². The number of rotatable bonds is 6. The molecule has 1 N–H and O–H groups in total. The van der Waals surface area contributed by atoms with Crippen LogP contribution >= 0.6 is 0 Å². The van der Waals surface area contributed by atoms with Crippen molar-refractivity contribution >= 4 is 0 Å². The zero-order valence-corrected chi connectivity index (χ0v) is 9.98. The molecule has 0 aliphatic carbocycles. The van der Waals surface area contributed by atoms with E-state index < -0.39 is 0 Å².